The van der Waals surface area contributed by atoms with E-state index in [1.54, 1.807) is 13.8 Å². The van der Waals surface area contributed by atoms with Crippen LogP contribution in [0.1, 0.15) is 57.4 Å². The van der Waals surface area contributed by atoms with Gasteiger partial charge >= 0.3 is 0 Å². The molecule has 1 fully saturated rings. The lowest BCUT2D eigenvalue weighted by Gasteiger charge is -2.48. The molecule has 8 nitrogen and oxygen atoms in total. The molecule has 1 aliphatic carbocycles. The van der Waals surface area contributed by atoms with E-state index in [2.05, 4.69) is 16.0 Å². The van der Waals surface area contributed by atoms with E-state index in [0.717, 1.165) is 0 Å². The van der Waals surface area contributed by atoms with Crippen LogP contribution in [0.25, 0.3) is 0 Å². The molecule has 0 aliphatic heterocycles. The van der Waals surface area contributed by atoms with Gasteiger partial charge in [0.1, 0.15) is 17.0 Å². The van der Waals surface area contributed by atoms with Crippen LogP contribution in [-0.4, -0.2) is 46.3 Å². The number of alkyl halides is 1. The molecule has 0 radical (unpaired) electrons. The third kappa shape index (κ3) is 4.32. The van der Waals surface area contributed by atoms with E-state index in [0.29, 0.717) is 16.9 Å². The third-order valence-electron chi connectivity index (χ3n) is 6.35. The Bertz CT molecular complexity index is 1210. The van der Waals surface area contributed by atoms with E-state index in [1.165, 1.54) is 50.7 Å². The Morgan fingerprint density at radius 3 is 2.24 bits per heavy atom. The maximum Gasteiger partial charge on any atom is 0.294 e. The van der Waals surface area contributed by atoms with Crippen LogP contribution in [0, 0.1) is 26.6 Å². The molecule has 0 atom stereocenters. The van der Waals surface area contributed by atoms with Crippen LogP contribution in [0.4, 0.5) is 14.5 Å². The third-order valence-corrected chi connectivity index (χ3v) is 6.35. The fraction of sp³-hybridized carbons (Fsp3) is 0.417. The van der Waals surface area contributed by atoms with Gasteiger partial charge in [-0.1, -0.05) is 0 Å². The van der Waals surface area contributed by atoms with Gasteiger partial charge in [0, 0.05) is 38.3 Å². The smallest absolute Gasteiger partial charge is 0.294 e. The van der Waals surface area contributed by atoms with Gasteiger partial charge in [0.25, 0.3) is 17.6 Å². The lowest BCUT2D eigenvalue weighted by atomic mass is 9.66. The van der Waals surface area contributed by atoms with E-state index >= 15 is 0 Å². The molecule has 1 aliphatic rings. The molecule has 10 heteroatoms. The molecule has 34 heavy (non-hydrogen) atoms. The molecule has 3 N–H and O–H groups in total. The van der Waals surface area contributed by atoms with Crippen molar-refractivity contribution < 1.29 is 28.0 Å². The van der Waals surface area contributed by atoms with Gasteiger partial charge in [0.2, 0.25) is 5.91 Å². The molecule has 1 aromatic heterocycles. The minimum Gasteiger partial charge on any atom is -0.357 e. The summed E-state index contributed by atoms with van der Waals surface area (Å²) in [7, 11) is 2.91. The van der Waals surface area contributed by atoms with Crippen LogP contribution in [-0.2, 0) is 16.6 Å². The summed E-state index contributed by atoms with van der Waals surface area (Å²) >= 11 is 0. The lowest BCUT2D eigenvalue weighted by Crippen LogP contribution is -2.70. The first kappa shape index (κ1) is 25.1. The average molecular weight is 475 g/mol. The number of amides is 3. The highest BCUT2D eigenvalue weighted by atomic mass is 19.1. The Hall–Kier alpha value is -3.56. The molecule has 1 heterocycles. The lowest BCUT2D eigenvalue weighted by molar-refractivity contribution is -0.143. The van der Waals surface area contributed by atoms with Gasteiger partial charge in [-0.2, -0.15) is 0 Å². The van der Waals surface area contributed by atoms with E-state index in [1.807, 2.05) is 0 Å². The topological polar surface area (TPSA) is 109 Å². The summed E-state index contributed by atoms with van der Waals surface area (Å²) in [5, 5.41) is 7.49. The second kappa shape index (κ2) is 8.66. The van der Waals surface area contributed by atoms with E-state index in [4.69, 9.17) is 0 Å². The number of hydrogen-bond donors (Lipinski definition) is 3. The largest absolute Gasteiger partial charge is 0.357 e. The number of benzene rings is 1. The van der Waals surface area contributed by atoms with Gasteiger partial charge in [-0.25, -0.2) is 8.78 Å². The number of rotatable bonds is 6. The summed E-state index contributed by atoms with van der Waals surface area (Å²) in [6, 6.07) is 4.14. The Morgan fingerprint density at radius 1 is 1.09 bits per heavy atom. The van der Waals surface area contributed by atoms with Crippen molar-refractivity contribution in [3.8, 4) is 0 Å². The first-order chi connectivity index (χ1) is 15.7. The van der Waals surface area contributed by atoms with Gasteiger partial charge < -0.3 is 20.5 Å². The molecule has 0 saturated heterocycles. The molecule has 3 rings (SSSR count). The molecular formula is C24H28F2N4O4. The summed E-state index contributed by atoms with van der Waals surface area (Å²) in [6.07, 6.45) is -0.511. The first-order valence-electron chi connectivity index (χ1n) is 10.7. The molecule has 3 amide bonds. The number of Topliss-reactive ketones (excluding diaryl/α,β-unsaturated/α-hetero) is 1. The highest BCUT2D eigenvalue weighted by Crippen LogP contribution is 2.44. The van der Waals surface area contributed by atoms with Crippen molar-refractivity contribution in [2.45, 2.75) is 51.7 Å². The van der Waals surface area contributed by atoms with Crippen molar-refractivity contribution in [2.24, 2.45) is 7.05 Å². The average Bonchev–Trinajstić information content (AvgIpc) is 2.96. The number of nitrogens with zero attached hydrogens (tertiary/aromatic N) is 1. The van der Waals surface area contributed by atoms with Crippen molar-refractivity contribution in [3.05, 3.63) is 52.1 Å². The normalized spacial score (nSPS) is 21.4. The number of likely N-dealkylation sites (N-methyl/N-ethyl adjacent to an activating group) is 1. The van der Waals surface area contributed by atoms with Crippen LogP contribution >= 0.6 is 0 Å². The maximum atomic E-state index is 14.2. The highest BCUT2D eigenvalue weighted by Gasteiger charge is 2.58. The predicted octanol–water partition coefficient (Wildman–Crippen LogP) is 2.65. The highest BCUT2D eigenvalue weighted by molar-refractivity contribution is 6.43. The number of carbonyl (C=O) groups is 4. The van der Waals surface area contributed by atoms with Crippen LogP contribution in [0.2, 0.25) is 0 Å². The zero-order chi connectivity index (χ0) is 25.6. The number of anilines is 1. The number of carbonyl (C=O) groups excluding carboxylic acids is 4. The van der Waals surface area contributed by atoms with Gasteiger partial charge in [-0.05, 0) is 57.0 Å². The minimum absolute atomic E-state index is 0.0233. The molecule has 2 aromatic rings. The molecule has 0 bridgehead atoms. The zero-order valence-corrected chi connectivity index (χ0v) is 20.0. The van der Waals surface area contributed by atoms with Crippen molar-refractivity contribution >= 4 is 29.2 Å². The van der Waals surface area contributed by atoms with Crippen LogP contribution < -0.4 is 16.0 Å². The number of hydrogen-bond acceptors (Lipinski definition) is 4. The molecule has 1 aromatic carbocycles. The van der Waals surface area contributed by atoms with Gasteiger partial charge in [-0.3, -0.25) is 19.2 Å². The fourth-order valence-corrected chi connectivity index (χ4v) is 4.68. The Morgan fingerprint density at radius 2 is 1.71 bits per heavy atom. The molecule has 0 spiro atoms. The summed E-state index contributed by atoms with van der Waals surface area (Å²) in [6.45, 7) is 6.05. The quantitative estimate of drug-likeness (QED) is 0.442. The molecule has 0 unspecified atom stereocenters. The first-order valence-corrected chi connectivity index (χ1v) is 10.7. The van der Waals surface area contributed by atoms with Gasteiger partial charge in [-0.15, -0.1) is 0 Å². The van der Waals surface area contributed by atoms with Gasteiger partial charge in [0.05, 0.1) is 11.3 Å². The number of halogens is 2. The Labute approximate surface area is 196 Å². The second-order valence-electron chi connectivity index (χ2n) is 9.12. The van der Waals surface area contributed by atoms with Crippen LogP contribution in [0.15, 0.2) is 18.2 Å². The van der Waals surface area contributed by atoms with Crippen molar-refractivity contribution in [1.29, 1.82) is 0 Å². The summed E-state index contributed by atoms with van der Waals surface area (Å²) in [5.41, 5.74) is -1.53. The van der Waals surface area contributed by atoms with Gasteiger partial charge in [0.15, 0.2) is 0 Å². The van der Waals surface area contributed by atoms with Crippen LogP contribution in [0.3, 0.4) is 0 Å². The van der Waals surface area contributed by atoms with E-state index in [9.17, 15) is 28.0 Å². The van der Waals surface area contributed by atoms with Crippen LogP contribution in [0.5, 0.6) is 0 Å². The SMILES string of the molecule is CNC(=O)C1(NC(=O)C(=O)c2c(C)c(C(=O)Nc3ccc(F)c(C)c3)c(C)n2C)CC(C)(F)C1. The Kier molecular flexibility index (Phi) is 6.38. The van der Waals surface area contributed by atoms with E-state index in [-0.39, 0.29) is 29.7 Å². The summed E-state index contributed by atoms with van der Waals surface area (Å²) < 4.78 is 29.1. The predicted molar refractivity (Wildman–Crippen MR) is 122 cm³/mol. The molecule has 182 valence electrons. The maximum absolute atomic E-state index is 14.2. The summed E-state index contributed by atoms with van der Waals surface area (Å²) in [4.78, 5) is 51.2. The van der Waals surface area contributed by atoms with E-state index < -0.39 is 40.5 Å². The molecule has 1 saturated carbocycles. The van der Waals surface area contributed by atoms with Crippen molar-refractivity contribution in [3.63, 3.8) is 0 Å². The zero-order valence-electron chi connectivity index (χ0n) is 20.0. The number of ketones is 1. The number of aromatic nitrogens is 1. The number of nitrogens with one attached hydrogen (secondary N) is 3. The Balaban J connectivity index is 1.87. The second-order valence-corrected chi connectivity index (χ2v) is 9.12. The van der Waals surface area contributed by atoms with Crippen molar-refractivity contribution in [1.82, 2.24) is 15.2 Å². The number of aryl methyl sites for hydroxylation is 1. The monoisotopic (exact) mass is 474 g/mol. The standard InChI is InChI=1S/C24H28F2N4O4/c1-12-9-15(7-8-16(12)25)28-20(32)17-13(2)18(30(6)14(17)3)19(31)21(33)29-24(22(34)27-5)10-23(4,26)11-24/h7-9H,10-11H2,1-6H3,(H,27,34)(H,28,32)(H,29,33). The summed E-state index contributed by atoms with van der Waals surface area (Å²) in [5.74, 6) is -3.53. The fourth-order valence-electron chi connectivity index (χ4n) is 4.68. The van der Waals surface area contributed by atoms with Crippen molar-refractivity contribution in [2.75, 3.05) is 12.4 Å². The molecular weight excluding hydrogens is 446 g/mol. The minimum atomic E-state index is -1.63.